The van der Waals surface area contributed by atoms with E-state index in [2.05, 4.69) is 10.2 Å². The Kier molecular flexibility index (Phi) is 4.89. The normalized spacial score (nSPS) is 15.5. The van der Waals surface area contributed by atoms with E-state index in [1.54, 1.807) is 12.1 Å². The van der Waals surface area contributed by atoms with Crippen LogP contribution in [0.3, 0.4) is 0 Å². The minimum atomic E-state index is -4.42. The van der Waals surface area contributed by atoms with Crippen LogP contribution < -0.4 is 16.2 Å². The molecule has 146 valence electrons. The fraction of sp³-hybridized carbons (Fsp3) is 0.200. The molecular formula is C20H19F3N4O. The number of fused-ring (bicyclic) bond motifs is 1. The van der Waals surface area contributed by atoms with Crippen molar-refractivity contribution in [3.8, 4) is 5.75 Å². The Morgan fingerprint density at radius 2 is 1.61 bits per heavy atom. The fourth-order valence-corrected chi connectivity index (χ4v) is 2.73. The molecule has 3 rings (SSSR count). The molecule has 0 fully saturated rings. The second-order valence-electron chi connectivity index (χ2n) is 6.84. The number of nitrogens with two attached hydrogens (primary N) is 2. The summed E-state index contributed by atoms with van der Waals surface area (Å²) in [6, 6.07) is 10.0. The standard InChI is InChI=1S/C20H19F3N4O/c1-19(2)10-9-13-11-14(5-8-16(13)28-19)17(26-27-18(24)25)12-3-6-15(7-4-12)20(21,22)23/h3-11H,1-2H3,(H4,24,25,27)/b26-17+. The van der Waals surface area contributed by atoms with Gasteiger partial charge in [0.25, 0.3) is 0 Å². The molecule has 0 saturated heterocycles. The zero-order valence-corrected chi connectivity index (χ0v) is 15.3. The minimum Gasteiger partial charge on any atom is -0.483 e. The van der Waals surface area contributed by atoms with Crippen LogP contribution in [0.1, 0.15) is 36.1 Å². The Balaban J connectivity index is 2.05. The lowest BCUT2D eigenvalue weighted by Gasteiger charge is -2.28. The van der Waals surface area contributed by atoms with Crippen LogP contribution in [0.15, 0.2) is 58.7 Å². The average Bonchev–Trinajstić information content (AvgIpc) is 2.61. The number of nitrogens with zero attached hydrogens (tertiary/aromatic N) is 2. The number of hydrogen-bond donors (Lipinski definition) is 2. The van der Waals surface area contributed by atoms with Crippen molar-refractivity contribution >= 4 is 17.7 Å². The van der Waals surface area contributed by atoms with Crippen LogP contribution in [0.4, 0.5) is 13.2 Å². The molecule has 5 nitrogen and oxygen atoms in total. The van der Waals surface area contributed by atoms with Crippen LogP contribution in [0.2, 0.25) is 0 Å². The van der Waals surface area contributed by atoms with Gasteiger partial charge < -0.3 is 16.2 Å². The van der Waals surface area contributed by atoms with E-state index in [-0.39, 0.29) is 5.96 Å². The number of alkyl halides is 3. The van der Waals surface area contributed by atoms with Crippen LogP contribution in [0.5, 0.6) is 5.75 Å². The van der Waals surface area contributed by atoms with Crippen LogP contribution in [0, 0.1) is 0 Å². The summed E-state index contributed by atoms with van der Waals surface area (Å²) in [7, 11) is 0. The van der Waals surface area contributed by atoms with E-state index in [1.807, 2.05) is 32.1 Å². The zero-order chi connectivity index (χ0) is 20.5. The molecule has 0 bridgehead atoms. The molecule has 0 saturated carbocycles. The smallest absolute Gasteiger partial charge is 0.416 e. The number of hydrogen-bond acceptors (Lipinski definition) is 3. The highest BCUT2D eigenvalue weighted by Crippen LogP contribution is 2.33. The Hall–Kier alpha value is -3.29. The predicted octanol–water partition coefficient (Wildman–Crippen LogP) is 3.92. The lowest BCUT2D eigenvalue weighted by Crippen LogP contribution is -2.27. The molecule has 0 radical (unpaired) electrons. The van der Waals surface area contributed by atoms with Crippen molar-refractivity contribution in [3.63, 3.8) is 0 Å². The van der Waals surface area contributed by atoms with E-state index in [0.717, 1.165) is 17.7 Å². The summed E-state index contributed by atoms with van der Waals surface area (Å²) in [5, 5.41) is 7.71. The Bertz CT molecular complexity index is 970. The monoisotopic (exact) mass is 388 g/mol. The van der Waals surface area contributed by atoms with Crippen molar-refractivity contribution in [1.29, 1.82) is 0 Å². The molecule has 0 unspecified atom stereocenters. The summed E-state index contributed by atoms with van der Waals surface area (Å²) in [6.45, 7) is 3.88. The van der Waals surface area contributed by atoms with Gasteiger partial charge in [0.1, 0.15) is 17.1 Å². The van der Waals surface area contributed by atoms with Crippen LogP contribution in [-0.4, -0.2) is 17.3 Å². The van der Waals surface area contributed by atoms with Crippen LogP contribution >= 0.6 is 0 Å². The van der Waals surface area contributed by atoms with Gasteiger partial charge in [-0.15, -0.1) is 10.2 Å². The van der Waals surface area contributed by atoms with E-state index in [9.17, 15) is 13.2 Å². The van der Waals surface area contributed by atoms with E-state index in [4.69, 9.17) is 16.2 Å². The maximum atomic E-state index is 12.8. The lowest BCUT2D eigenvalue weighted by molar-refractivity contribution is -0.137. The van der Waals surface area contributed by atoms with E-state index >= 15 is 0 Å². The largest absolute Gasteiger partial charge is 0.483 e. The summed E-state index contributed by atoms with van der Waals surface area (Å²) < 4.78 is 44.4. The van der Waals surface area contributed by atoms with E-state index in [1.165, 1.54) is 12.1 Å². The van der Waals surface area contributed by atoms with Crippen molar-refractivity contribution in [2.45, 2.75) is 25.6 Å². The summed E-state index contributed by atoms with van der Waals surface area (Å²) in [5.74, 6) is 0.442. The Labute approximate surface area is 160 Å². The van der Waals surface area contributed by atoms with Gasteiger partial charge in [-0.3, -0.25) is 0 Å². The second kappa shape index (κ2) is 7.03. The topological polar surface area (TPSA) is 86.0 Å². The van der Waals surface area contributed by atoms with Crippen molar-refractivity contribution < 1.29 is 17.9 Å². The maximum absolute atomic E-state index is 12.8. The number of benzene rings is 2. The van der Waals surface area contributed by atoms with Gasteiger partial charge in [-0.2, -0.15) is 13.2 Å². The van der Waals surface area contributed by atoms with Gasteiger partial charge in [-0.05, 0) is 50.3 Å². The van der Waals surface area contributed by atoms with Gasteiger partial charge in [-0.25, -0.2) is 0 Å². The SMILES string of the molecule is CC1(C)C=Cc2cc(/C(=N/N=C(N)N)c3ccc(C(F)(F)F)cc3)ccc2O1. The number of ether oxygens (including phenoxy) is 1. The maximum Gasteiger partial charge on any atom is 0.416 e. The van der Waals surface area contributed by atoms with Crippen molar-refractivity contribution in [1.82, 2.24) is 0 Å². The van der Waals surface area contributed by atoms with Crippen molar-refractivity contribution in [2.75, 3.05) is 0 Å². The van der Waals surface area contributed by atoms with Gasteiger partial charge in [0.2, 0.25) is 5.96 Å². The van der Waals surface area contributed by atoms with Gasteiger partial charge >= 0.3 is 6.18 Å². The van der Waals surface area contributed by atoms with Crippen LogP contribution in [0.25, 0.3) is 6.08 Å². The molecular weight excluding hydrogens is 369 g/mol. The van der Waals surface area contributed by atoms with Gasteiger partial charge in [-0.1, -0.05) is 18.2 Å². The second-order valence-corrected chi connectivity index (χ2v) is 6.84. The van der Waals surface area contributed by atoms with Crippen LogP contribution in [-0.2, 0) is 6.18 Å². The summed E-state index contributed by atoms with van der Waals surface area (Å²) in [6.07, 6.45) is -0.576. The summed E-state index contributed by atoms with van der Waals surface area (Å²) in [5.41, 5.74) is 11.8. The molecule has 4 N–H and O–H groups in total. The van der Waals surface area contributed by atoms with E-state index in [0.29, 0.717) is 22.6 Å². The molecule has 0 amide bonds. The molecule has 1 aliphatic rings. The number of rotatable bonds is 3. The van der Waals surface area contributed by atoms with Crippen molar-refractivity contribution in [2.24, 2.45) is 21.7 Å². The molecule has 0 spiro atoms. The average molecular weight is 388 g/mol. The Morgan fingerprint density at radius 3 is 2.21 bits per heavy atom. The first-order valence-corrected chi connectivity index (χ1v) is 8.42. The van der Waals surface area contributed by atoms with Gasteiger partial charge in [0.15, 0.2) is 0 Å². The third kappa shape index (κ3) is 4.33. The number of halogens is 3. The van der Waals surface area contributed by atoms with Gasteiger partial charge in [0, 0.05) is 16.7 Å². The highest BCUT2D eigenvalue weighted by molar-refractivity contribution is 6.13. The fourth-order valence-electron chi connectivity index (χ4n) is 2.73. The lowest BCUT2D eigenvalue weighted by atomic mass is 9.96. The molecule has 0 atom stereocenters. The quantitative estimate of drug-likeness (QED) is 0.475. The molecule has 1 aliphatic heterocycles. The molecule has 2 aromatic rings. The Morgan fingerprint density at radius 1 is 0.964 bits per heavy atom. The first-order chi connectivity index (χ1) is 13.0. The summed E-state index contributed by atoms with van der Waals surface area (Å²) >= 11 is 0. The minimum absolute atomic E-state index is 0.257. The molecule has 0 aliphatic carbocycles. The highest BCUT2D eigenvalue weighted by Gasteiger charge is 2.30. The predicted molar refractivity (Wildman–Crippen MR) is 103 cm³/mol. The third-order valence-electron chi connectivity index (χ3n) is 4.07. The van der Waals surface area contributed by atoms with Gasteiger partial charge in [0.05, 0.1) is 5.56 Å². The molecule has 1 heterocycles. The summed E-state index contributed by atoms with van der Waals surface area (Å²) in [4.78, 5) is 0. The first kappa shape index (κ1) is 19.5. The molecule has 8 heteroatoms. The van der Waals surface area contributed by atoms with E-state index < -0.39 is 17.3 Å². The zero-order valence-electron chi connectivity index (χ0n) is 15.3. The first-order valence-electron chi connectivity index (χ1n) is 8.42. The van der Waals surface area contributed by atoms with Crippen molar-refractivity contribution in [3.05, 3.63) is 70.8 Å². The number of guanidine groups is 1. The molecule has 0 aromatic heterocycles. The molecule has 2 aromatic carbocycles. The highest BCUT2D eigenvalue weighted by atomic mass is 19.4. The molecule has 28 heavy (non-hydrogen) atoms. The third-order valence-corrected chi connectivity index (χ3v) is 4.07.